The molecule has 0 unspecified atom stereocenters. The van der Waals surface area contributed by atoms with Crippen LogP contribution in [0.25, 0.3) is 0 Å². The molecule has 4 heteroatoms. The van der Waals surface area contributed by atoms with E-state index >= 15 is 0 Å². The normalized spacial score (nSPS) is 11.1. The fourth-order valence-corrected chi connectivity index (χ4v) is 2.44. The second kappa shape index (κ2) is 7.57. The Hall–Kier alpha value is -2.91. The Kier molecular flexibility index (Phi) is 5.04. The molecule has 0 aliphatic rings. The van der Waals surface area contributed by atoms with E-state index in [1.54, 1.807) is 24.3 Å². The number of hydrogen-bond donors (Lipinski definition) is 1. The monoisotopic (exact) mass is 334 g/mol. The second-order valence-electron chi connectivity index (χ2n) is 5.14. The Morgan fingerprint density at radius 2 is 1.42 bits per heavy atom. The smallest absolute Gasteiger partial charge is 0.213 e. The summed E-state index contributed by atoms with van der Waals surface area (Å²) in [6.45, 7) is 0. The average molecular weight is 335 g/mol. The molecule has 24 heavy (non-hydrogen) atoms. The minimum absolute atomic E-state index is 0.142. The van der Waals surface area contributed by atoms with Gasteiger partial charge in [-0.1, -0.05) is 78.3 Å². The van der Waals surface area contributed by atoms with E-state index in [2.05, 4.69) is 10.5 Å². The lowest BCUT2D eigenvalue weighted by Crippen LogP contribution is -2.17. The van der Waals surface area contributed by atoms with Crippen LogP contribution in [0.15, 0.2) is 90.0 Å². The van der Waals surface area contributed by atoms with E-state index in [1.165, 1.54) is 0 Å². The lowest BCUT2D eigenvalue weighted by Gasteiger charge is -2.08. The maximum absolute atomic E-state index is 12.8. The van der Waals surface area contributed by atoms with Gasteiger partial charge in [0.1, 0.15) is 5.71 Å². The molecule has 0 heterocycles. The van der Waals surface area contributed by atoms with Crippen molar-refractivity contribution in [3.63, 3.8) is 0 Å². The van der Waals surface area contributed by atoms with Crippen molar-refractivity contribution in [1.29, 1.82) is 0 Å². The van der Waals surface area contributed by atoms with Gasteiger partial charge in [0.25, 0.3) is 0 Å². The van der Waals surface area contributed by atoms with Crippen LogP contribution in [0.2, 0.25) is 5.02 Å². The summed E-state index contributed by atoms with van der Waals surface area (Å²) in [5.41, 5.74) is 5.33. The van der Waals surface area contributed by atoms with Crippen LogP contribution in [-0.2, 0) is 0 Å². The predicted octanol–water partition coefficient (Wildman–Crippen LogP) is 5.04. The third kappa shape index (κ3) is 3.89. The summed E-state index contributed by atoms with van der Waals surface area (Å²) in [7, 11) is 0. The fraction of sp³-hybridized carbons (Fsp3) is 0. The molecule has 3 rings (SSSR count). The predicted molar refractivity (Wildman–Crippen MR) is 98.8 cm³/mol. The Balaban J connectivity index is 1.96. The van der Waals surface area contributed by atoms with E-state index < -0.39 is 0 Å². The molecule has 3 nitrogen and oxygen atoms in total. The molecule has 118 valence electrons. The highest BCUT2D eigenvalue weighted by atomic mass is 35.5. The number of ketones is 1. The van der Waals surface area contributed by atoms with Crippen molar-refractivity contribution in [2.45, 2.75) is 0 Å². The van der Waals surface area contributed by atoms with Crippen LogP contribution in [0, 0.1) is 0 Å². The van der Waals surface area contributed by atoms with Crippen LogP contribution in [0.4, 0.5) is 5.69 Å². The first-order valence-corrected chi connectivity index (χ1v) is 7.86. The van der Waals surface area contributed by atoms with Crippen LogP contribution in [-0.4, -0.2) is 11.5 Å². The minimum Gasteiger partial charge on any atom is -0.287 e. The van der Waals surface area contributed by atoms with Crippen molar-refractivity contribution in [1.82, 2.24) is 0 Å². The number of hydrazone groups is 1. The van der Waals surface area contributed by atoms with E-state index in [1.807, 2.05) is 60.7 Å². The van der Waals surface area contributed by atoms with Crippen LogP contribution in [0.3, 0.4) is 0 Å². The summed E-state index contributed by atoms with van der Waals surface area (Å²) < 4.78 is 0. The van der Waals surface area contributed by atoms with E-state index in [-0.39, 0.29) is 5.78 Å². The first-order valence-electron chi connectivity index (χ1n) is 7.48. The van der Waals surface area contributed by atoms with Crippen LogP contribution >= 0.6 is 11.6 Å². The number of carbonyl (C=O) groups is 1. The van der Waals surface area contributed by atoms with Crippen molar-refractivity contribution < 1.29 is 4.79 Å². The number of Topliss-reactive ketones (excluding diaryl/α,β-unsaturated/α-hetero) is 1. The number of halogens is 1. The molecular formula is C20H15ClN2O. The summed E-state index contributed by atoms with van der Waals surface area (Å²) in [4.78, 5) is 12.8. The summed E-state index contributed by atoms with van der Waals surface area (Å²) >= 11 is 5.98. The topological polar surface area (TPSA) is 41.5 Å². The van der Waals surface area contributed by atoms with Gasteiger partial charge in [-0.15, -0.1) is 0 Å². The average Bonchev–Trinajstić information content (AvgIpc) is 2.63. The number of nitrogens with one attached hydrogen (secondary N) is 1. The van der Waals surface area contributed by atoms with Gasteiger partial charge in [-0.25, -0.2) is 0 Å². The molecule has 0 spiro atoms. The minimum atomic E-state index is -0.142. The third-order valence-corrected chi connectivity index (χ3v) is 3.65. The molecule has 3 aromatic carbocycles. The first kappa shape index (κ1) is 16.0. The standard InChI is InChI=1S/C20H15ClN2O/c21-17-12-7-13-18(14-17)22-23-19(15-8-3-1-4-9-15)20(24)16-10-5-2-6-11-16/h1-14,22H/b23-19+. The van der Waals surface area contributed by atoms with Crippen molar-refractivity contribution in [3.05, 3.63) is 101 Å². The van der Waals surface area contributed by atoms with Gasteiger partial charge in [0.05, 0.1) is 5.69 Å². The van der Waals surface area contributed by atoms with Crippen LogP contribution in [0.1, 0.15) is 15.9 Å². The van der Waals surface area contributed by atoms with Gasteiger partial charge in [0, 0.05) is 16.1 Å². The maximum atomic E-state index is 12.8. The highest BCUT2D eigenvalue weighted by Crippen LogP contribution is 2.16. The van der Waals surface area contributed by atoms with Crippen LogP contribution in [0.5, 0.6) is 0 Å². The molecule has 0 bridgehead atoms. The van der Waals surface area contributed by atoms with E-state index in [0.717, 1.165) is 11.3 Å². The highest BCUT2D eigenvalue weighted by Gasteiger charge is 2.16. The van der Waals surface area contributed by atoms with Gasteiger partial charge in [0.2, 0.25) is 5.78 Å². The van der Waals surface area contributed by atoms with E-state index in [4.69, 9.17) is 11.6 Å². The number of hydrogen-bond acceptors (Lipinski definition) is 3. The lowest BCUT2D eigenvalue weighted by molar-refractivity contribution is 0.106. The molecule has 0 radical (unpaired) electrons. The van der Waals surface area contributed by atoms with Crippen LogP contribution < -0.4 is 5.43 Å². The van der Waals surface area contributed by atoms with Gasteiger partial charge < -0.3 is 0 Å². The summed E-state index contributed by atoms with van der Waals surface area (Å²) in [5.74, 6) is -0.142. The lowest BCUT2D eigenvalue weighted by atomic mass is 10.0. The Labute approximate surface area is 145 Å². The molecule has 0 aliphatic carbocycles. The summed E-state index contributed by atoms with van der Waals surface area (Å²) in [5, 5.41) is 4.94. The number of carbonyl (C=O) groups excluding carboxylic acids is 1. The summed E-state index contributed by atoms with van der Waals surface area (Å²) in [6, 6.07) is 25.7. The Bertz CT molecular complexity index is 861. The number of benzene rings is 3. The van der Waals surface area contributed by atoms with Crippen molar-refractivity contribution >= 4 is 28.8 Å². The molecule has 0 aromatic heterocycles. The molecule has 0 fully saturated rings. The Morgan fingerprint density at radius 1 is 0.792 bits per heavy atom. The molecule has 1 N–H and O–H groups in total. The zero-order valence-corrected chi connectivity index (χ0v) is 13.6. The SMILES string of the molecule is O=C(/C(=N/Nc1cccc(Cl)c1)c1ccccc1)c1ccccc1. The molecule has 0 atom stereocenters. The number of nitrogens with zero attached hydrogens (tertiary/aromatic N) is 1. The van der Waals surface area contributed by atoms with Crippen molar-refractivity contribution in [2.24, 2.45) is 5.10 Å². The highest BCUT2D eigenvalue weighted by molar-refractivity contribution is 6.51. The van der Waals surface area contributed by atoms with Crippen molar-refractivity contribution in [3.8, 4) is 0 Å². The van der Waals surface area contributed by atoms with Gasteiger partial charge in [-0.05, 0) is 18.2 Å². The van der Waals surface area contributed by atoms with Gasteiger partial charge in [-0.3, -0.25) is 10.2 Å². The largest absolute Gasteiger partial charge is 0.287 e. The zero-order chi connectivity index (χ0) is 16.8. The second-order valence-corrected chi connectivity index (χ2v) is 5.58. The third-order valence-electron chi connectivity index (χ3n) is 3.42. The Morgan fingerprint density at radius 3 is 2.04 bits per heavy atom. The molecule has 0 saturated heterocycles. The quantitative estimate of drug-likeness (QED) is 0.403. The van der Waals surface area contributed by atoms with Gasteiger partial charge >= 0.3 is 0 Å². The van der Waals surface area contributed by atoms with Gasteiger partial charge in [-0.2, -0.15) is 5.10 Å². The maximum Gasteiger partial charge on any atom is 0.213 e. The number of rotatable bonds is 5. The van der Waals surface area contributed by atoms with Gasteiger partial charge in [0.15, 0.2) is 0 Å². The van der Waals surface area contributed by atoms with Crippen molar-refractivity contribution in [2.75, 3.05) is 5.43 Å². The molecule has 0 aliphatic heterocycles. The summed E-state index contributed by atoms with van der Waals surface area (Å²) in [6.07, 6.45) is 0. The fourth-order valence-electron chi connectivity index (χ4n) is 2.25. The number of anilines is 1. The molecule has 0 saturated carbocycles. The molecule has 3 aromatic rings. The van der Waals surface area contributed by atoms with E-state index in [9.17, 15) is 4.79 Å². The van der Waals surface area contributed by atoms with E-state index in [0.29, 0.717) is 16.3 Å². The zero-order valence-electron chi connectivity index (χ0n) is 12.8. The first-order chi connectivity index (χ1) is 11.7. The molecule has 0 amide bonds. The molecular weight excluding hydrogens is 320 g/mol.